The Morgan fingerprint density at radius 2 is 1.62 bits per heavy atom. The van der Waals surface area contributed by atoms with Gasteiger partial charge in [-0.3, -0.25) is 9.59 Å². The van der Waals surface area contributed by atoms with Crippen molar-refractivity contribution in [1.82, 2.24) is 0 Å². The van der Waals surface area contributed by atoms with E-state index in [0.29, 0.717) is 17.2 Å². The smallest absolute Gasteiger partial charge is 0.282 e. The summed E-state index contributed by atoms with van der Waals surface area (Å²) in [6.07, 6.45) is 0.995. The molecule has 2 aromatic rings. The van der Waals surface area contributed by atoms with Crippen molar-refractivity contribution in [1.29, 1.82) is 0 Å². The molecule has 138 valence electrons. The lowest BCUT2D eigenvalue weighted by Gasteiger charge is -2.21. The van der Waals surface area contributed by atoms with Gasteiger partial charge in [0.05, 0.1) is 0 Å². The third kappa shape index (κ3) is 5.70. The van der Waals surface area contributed by atoms with Crippen LogP contribution < -0.4 is 16.4 Å². The second-order valence-corrected chi connectivity index (χ2v) is 7.06. The monoisotopic (exact) mass is 354 g/mol. The van der Waals surface area contributed by atoms with Gasteiger partial charge in [0, 0.05) is 23.2 Å². The second-order valence-electron chi connectivity index (χ2n) is 7.06. The molecule has 5 nitrogen and oxygen atoms in total. The zero-order chi connectivity index (χ0) is 19.1. The van der Waals surface area contributed by atoms with Crippen molar-refractivity contribution in [3.8, 4) is 0 Å². The molecule has 2 rings (SSSR count). The highest BCUT2D eigenvalue weighted by Gasteiger charge is 2.24. The molecule has 0 aliphatic carbocycles. The van der Waals surface area contributed by atoms with Crippen molar-refractivity contribution < 1.29 is 14.9 Å². The molecule has 0 saturated carbocycles. The number of nitrogens with one attached hydrogen (secondary N) is 1. The average molecular weight is 354 g/mol. The molecule has 0 fully saturated rings. The molecule has 0 aliphatic rings. The summed E-state index contributed by atoms with van der Waals surface area (Å²) in [5.41, 5.74) is 7.53. The summed E-state index contributed by atoms with van der Waals surface area (Å²) in [4.78, 5) is 23.7. The number of hydrogen-bond acceptors (Lipinski definition) is 2. The number of carbonyl (C=O) groups is 2. The van der Waals surface area contributed by atoms with E-state index >= 15 is 0 Å². The first kappa shape index (κ1) is 19.7. The van der Waals surface area contributed by atoms with Crippen LogP contribution in [0.15, 0.2) is 54.6 Å². The Bertz CT molecular complexity index is 727. The fourth-order valence-corrected chi connectivity index (χ4v) is 2.94. The van der Waals surface area contributed by atoms with Crippen molar-refractivity contribution in [3.05, 3.63) is 65.7 Å². The zero-order valence-electron chi connectivity index (χ0n) is 15.6. The summed E-state index contributed by atoms with van der Waals surface area (Å²) < 4.78 is 0. The van der Waals surface area contributed by atoms with Gasteiger partial charge in [-0.1, -0.05) is 44.2 Å². The molecule has 2 amide bonds. The third-order valence-electron chi connectivity index (χ3n) is 4.32. The van der Waals surface area contributed by atoms with Crippen molar-refractivity contribution in [2.24, 2.45) is 11.7 Å². The minimum atomic E-state index is -0.482. The van der Waals surface area contributed by atoms with E-state index in [1.807, 2.05) is 25.1 Å². The van der Waals surface area contributed by atoms with Gasteiger partial charge in [-0.05, 0) is 37.1 Å². The molecule has 2 atom stereocenters. The molecule has 0 radical (unpaired) electrons. The summed E-state index contributed by atoms with van der Waals surface area (Å²) >= 11 is 0. The molecule has 2 aromatic carbocycles. The van der Waals surface area contributed by atoms with Crippen LogP contribution in [-0.2, 0) is 4.79 Å². The third-order valence-corrected chi connectivity index (χ3v) is 4.32. The largest absolute Gasteiger partial charge is 0.366 e. The van der Waals surface area contributed by atoms with E-state index in [2.05, 4.69) is 36.6 Å². The maximum absolute atomic E-state index is 12.5. The quantitative estimate of drug-likeness (QED) is 0.680. The van der Waals surface area contributed by atoms with Gasteiger partial charge in [0.2, 0.25) is 5.91 Å². The Hall–Kier alpha value is -2.66. The molecule has 26 heavy (non-hydrogen) atoms. The highest BCUT2D eigenvalue weighted by atomic mass is 16.2. The number of carbonyl (C=O) groups excluding carboxylic acids is 2. The van der Waals surface area contributed by atoms with Crippen LogP contribution in [0.2, 0.25) is 0 Å². The SMILES string of the molecule is CC(C)C[C@H]([NH2+][C@H](C)C(=O)Nc1ccc(C(N)=O)cc1)c1ccccc1. The van der Waals surface area contributed by atoms with Crippen LogP contribution in [0.3, 0.4) is 0 Å². The zero-order valence-corrected chi connectivity index (χ0v) is 15.6. The van der Waals surface area contributed by atoms with Crippen LogP contribution in [0.1, 0.15) is 49.2 Å². The van der Waals surface area contributed by atoms with E-state index in [0.717, 1.165) is 6.42 Å². The molecule has 0 unspecified atom stereocenters. The fourth-order valence-electron chi connectivity index (χ4n) is 2.94. The lowest BCUT2D eigenvalue weighted by Crippen LogP contribution is -2.92. The van der Waals surface area contributed by atoms with Crippen LogP contribution in [-0.4, -0.2) is 17.9 Å². The van der Waals surface area contributed by atoms with E-state index in [4.69, 9.17) is 5.73 Å². The first-order chi connectivity index (χ1) is 12.4. The highest BCUT2D eigenvalue weighted by Crippen LogP contribution is 2.17. The van der Waals surface area contributed by atoms with E-state index in [1.165, 1.54) is 5.56 Å². The van der Waals surface area contributed by atoms with Crippen LogP contribution in [0.25, 0.3) is 0 Å². The summed E-state index contributed by atoms with van der Waals surface area (Å²) in [7, 11) is 0. The molecule has 0 bridgehead atoms. The minimum Gasteiger partial charge on any atom is -0.366 e. The van der Waals surface area contributed by atoms with Gasteiger partial charge in [-0.25, -0.2) is 0 Å². The predicted octanol–water partition coefficient (Wildman–Crippen LogP) is 2.46. The van der Waals surface area contributed by atoms with Gasteiger partial charge in [-0.2, -0.15) is 0 Å². The molecular formula is C21H28N3O2+. The fraction of sp³-hybridized carbons (Fsp3) is 0.333. The van der Waals surface area contributed by atoms with Crippen molar-refractivity contribution >= 4 is 17.5 Å². The number of rotatable bonds is 8. The molecule has 0 aromatic heterocycles. The lowest BCUT2D eigenvalue weighted by atomic mass is 9.96. The molecule has 5 heteroatoms. The van der Waals surface area contributed by atoms with Gasteiger partial charge >= 0.3 is 0 Å². The van der Waals surface area contributed by atoms with E-state index in [-0.39, 0.29) is 18.0 Å². The number of nitrogens with two attached hydrogens (primary N) is 2. The Morgan fingerprint density at radius 1 is 1.00 bits per heavy atom. The number of primary amides is 1. The van der Waals surface area contributed by atoms with Crippen molar-refractivity contribution in [2.45, 2.75) is 39.3 Å². The topological polar surface area (TPSA) is 88.8 Å². The Kier molecular flexibility index (Phi) is 6.92. The Balaban J connectivity index is 2.02. The van der Waals surface area contributed by atoms with Crippen LogP contribution in [0.4, 0.5) is 5.69 Å². The Morgan fingerprint density at radius 3 is 2.15 bits per heavy atom. The number of quaternary nitrogens is 1. The van der Waals surface area contributed by atoms with Crippen LogP contribution in [0, 0.1) is 5.92 Å². The van der Waals surface area contributed by atoms with E-state index in [1.54, 1.807) is 24.3 Å². The van der Waals surface area contributed by atoms with Crippen LogP contribution >= 0.6 is 0 Å². The highest BCUT2D eigenvalue weighted by molar-refractivity contribution is 5.95. The van der Waals surface area contributed by atoms with Gasteiger partial charge in [0.15, 0.2) is 6.04 Å². The minimum absolute atomic E-state index is 0.0680. The molecule has 5 N–H and O–H groups in total. The first-order valence-electron chi connectivity index (χ1n) is 8.97. The first-order valence-corrected chi connectivity index (χ1v) is 8.97. The second kappa shape index (κ2) is 9.15. The van der Waals surface area contributed by atoms with Gasteiger partial charge < -0.3 is 16.4 Å². The Labute approximate surface area is 155 Å². The normalized spacial score (nSPS) is 13.2. The number of benzene rings is 2. The summed E-state index contributed by atoms with van der Waals surface area (Å²) in [6.45, 7) is 6.28. The van der Waals surface area contributed by atoms with Gasteiger partial charge in [0.25, 0.3) is 5.91 Å². The average Bonchev–Trinajstić information content (AvgIpc) is 2.62. The van der Waals surface area contributed by atoms with Gasteiger partial charge in [-0.15, -0.1) is 0 Å². The van der Waals surface area contributed by atoms with E-state index in [9.17, 15) is 9.59 Å². The maximum atomic E-state index is 12.5. The molecule has 0 heterocycles. The van der Waals surface area contributed by atoms with Crippen molar-refractivity contribution in [3.63, 3.8) is 0 Å². The predicted molar refractivity (Wildman–Crippen MR) is 104 cm³/mol. The molecule has 0 saturated heterocycles. The molecule has 0 aliphatic heterocycles. The number of anilines is 1. The molecular weight excluding hydrogens is 326 g/mol. The summed E-state index contributed by atoms with van der Waals surface area (Å²) in [5.74, 6) is -0.0152. The standard InChI is InChI=1S/C21H27N3O2/c1-14(2)13-19(16-7-5-4-6-8-16)23-15(3)21(26)24-18-11-9-17(10-12-18)20(22)25/h4-12,14-15,19,23H,13H2,1-3H3,(H2,22,25)(H,24,26)/p+1/t15-,19+/m1/s1. The van der Waals surface area contributed by atoms with Crippen LogP contribution in [0.5, 0.6) is 0 Å². The summed E-state index contributed by atoms with van der Waals surface area (Å²) in [6, 6.07) is 16.9. The van der Waals surface area contributed by atoms with Crippen molar-refractivity contribution in [2.75, 3.05) is 5.32 Å². The number of amides is 2. The molecule has 0 spiro atoms. The lowest BCUT2D eigenvalue weighted by molar-refractivity contribution is -0.714. The maximum Gasteiger partial charge on any atom is 0.282 e. The van der Waals surface area contributed by atoms with E-state index < -0.39 is 5.91 Å². The number of hydrogen-bond donors (Lipinski definition) is 3. The van der Waals surface area contributed by atoms with Gasteiger partial charge in [0.1, 0.15) is 6.04 Å². The summed E-state index contributed by atoms with van der Waals surface area (Å²) in [5, 5.41) is 5.01.